The summed E-state index contributed by atoms with van der Waals surface area (Å²) in [7, 11) is 1.63. The highest BCUT2D eigenvalue weighted by Crippen LogP contribution is 2.35. The van der Waals surface area contributed by atoms with Crippen molar-refractivity contribution in [3.63, 3.8) is 0 Å². The normalized spacial score (nSPS) is 15.0. The van der Waals surface area contributed by atoms with Crippen molar-refractivity contribution in [1.29, 1.82) is 0 Å². The molecule has 0 saturated heterocycles. The van der Waals surface area contributed by atoms with Gasteiger partial charge in [-0.2, -0.15) is 0 Å². The summed E-state index contributed by atoms with van der Waals surface area (Å²) in [5.41, 5.74) is 3.06. The lowest BCUT2D eigenvalue weighted by molar-refractivity contribution is 0.415. The van der Waals surface area contributed by atoms with Gasteiger partial charge in [0, 0.05) is 23.4 Å². The summed E-state index contributed by atoms with van der Waals surface area (Å²) in [5.74, 6) is 2.94. The highest BCUT2D eigenvalue weighted by molar-refractivity contribution is 6.32. The van der Waals surface area contributed by atoms with E-state index in [1.54, 1.807) is 7.11 Å². The highest BCUT2D eigenvalue weighted by atomic mass is 35.5. The van der Waals surface area contributed by atoms with Crippen molar-refractivity contribution < 1.29 is 4.74 Å². The molecular formula is C24H25ClN4O. The van der Waals surface area contributed by atoms with E-state index in [2.05, 4.69) is 28.5 Å². The van der Waals surface area contributed by atoms with Gasteiger partial charge >= 0.3 is 0 Å². The van der Waals surface area contributed by atoms with Gasteiger partial charge in [-0.3, -0.25) is 0 Å². The molecule has 0 spiro atoms. The average molecular weight is 421 g/mol. The van der Waals surface area contributed by atoms with Crippen LogP contribution in [0.3, 0.4) is 0 Å². The number of fused-ring (bicyclic) bond motifs is 3. The molecule has 2 aromatic heterocycles. The zero-order valence-electron chi connectivity index (χ0n) is 17.0. The van der Waals surface area contributed by atoms with E-state index in [4.69, 9.17) is 26.3 Å². The summed E-state index contributed by atoms with van der Waals surface area (Å²) in [6.07, 6.45) is 6.16. The Labute approximate surface area is 180 Å². The lowest BCUT2D eigenvalue weighted by atomic mass is 9.88. The predicted octanol–water partition coefficient (Wildman–Crippen LogP) is 6.43. The topological polar surface area (TPSA) is 62.8 Å². The minimum Gasteiger partial charge on any atom is -0.495 e. The Kier molecular flexibility index (Phi) is 5.21. The second-order valence-corrected chi connectivity index (χ2v) is 8.39. The third-order valence-electron chi connectivity index (χ3n) is 6.02. The third-order valence-corrected chi connectivity index (χ3v) is 6.32. The number of nitrogens with zero attached hydrogens (tertiary/aromatic N) is 2. The smallest absolute Gasteiger partial charge is 0.144 e. The molecule has 2 N–H and O–H groups in total. The quantitative estimate of drug-likeness (QED) is 0.390. The Morgan fingerprint density at radius 3 is 2.73 bits per heavy atom. The lowest BCUT2D eigenvalue weighted by Gasteiger charge is -2.21. The lowest BCUT2D eigenvalue weighted by Crippen LogP contribution is -2.11. The van der Waals surface area contributed by atoms with Crippen molar-refractivity contribution in [2.75, 3.05) is 12.4 Å². The summed E-state index contributed by atoms with van der Waals surface area (Å²) in [5, 5.41) is 6.35. The molecule has 6 heteroatoms. The first-order valence-electron chi connectivity index (χ1n) is 10.6. The molecule has 1 fully saturated rings. The fourth-order valence-corrected chi connectivity index (χ4v) is 4.72. The monoisotopic (exact) mass is 420 g/mol. The van der Waals surface area contributed by atoms with Crippen LogP contribution in [-0.2, 0) is 6.54 Å². The SMILES string of the molecule is COc1ccc(CNc2nc(C3CCCCC3)nc3[nH]c4ccccc4c23)cc1Cl. The van der Waals surface area contributed by atoms with E-state index in [0.717, 1.165) is 39.1 Å². The Morgan fingerprint density at radius 2 is 1.93 bits per heavy atom. The molecule has 4 aromatic rings. The minimum atomic E-state index is 0.436. The summed E-state index contributed by atoms with van der Waals surface area (Å²) >= 11 is 6.31. The molecular weight excluding hydrogens is 396 g/mol. The van der Waals surface area contributed by atoms with Crippen LogP contribution in [0.2, 0.25) is 5.02 Å². The number of hydrogen-bond acceptors (Lipinski definition) is 4. The molecule has 0 atom stereocenters. The largest absolute Gasteiger partial charge is 0.495 e. The molecule has 2 aromatic carbocycles. The van der Waals surface area contributed by atoms with E-state index < -0.39 is 0 Å². The highest BCUT2D eigenvalue weighted by Gasteiger charge is 2.21. The minimum absolute atomic E-state index is 0.436. The summed E-state index contributed by atoms with van der Waals surface area (Å²) in [6, 6.07) is 14.2. The number of hydrogen-bond donors (Lipinski definition) is 2. The van der Waals surface area contributed by atoms with Gasteiger partial charge in [0.25, 0.3) is 0 Å². The van der Waals surface area contributed by atoms with Gasteiger partial charge in [0.1, 0.15) is 23.0 Å². The molecule has 0 unspecified atom stereocenters. The van der Waals surface area contributed by atoms with Gasteiger partial charge in [-0.1, -0.05) is 55.1 Å². The van der Waals surface area contributed by atoms with E-state index in [-0.39, 0.29) is 0 Å². The number of aromatic nitrogens is 3. The number of benzene rings is 2. The molecule has 0 amide bonds. The summed E-state index contributed by atoms with van der Waals surface area (Å²) in [6.45, 7) is 0.624. The van der Waals surface area contributed by atoms with Gasteiger partial charge in [0.15, 0.2) is 0 Å². The molecule has 30 heavy (non-hydrogen) atoms. The van der Waals surface area contributed by atoms with Gasteiger partial charge in [0.2, 0.25) is 0 Å². The van der Waals surface area contributed by atoms with Crippen LogP contribution >= 0.6 is 11.6 Å². The molecule has 154 valence electrons. The number of nitrogens with one attached hydrogen (secondary N) is 2. The molecule has 5 nitrogen and oxygen atoms in total. The maximum atomic E-state index is 6.31. The fraction of sp³-hybridized carbons (Fsp3) is 0.333. The van der Waals surface area contributed by atoms with E-state index in [1.807, 2.05) is 24.3 Å². The van der Waals surface area contributed by atoms with Crippen molar-refractivity contribution in [1.82, 2.24) is 15.0 Å². The average Bonchev–Trinajstić information content (AvgIpc) is 3.17. The van der Waals surface area contributed by atoms with Crippen molar-refractivity contribution in [2.24, 2.45) is 0 Å². The molecule has 0 bridgehead atoms. The number of anilines is 1. The molecule has 1 aliphatic rings. The molecule has 5 rings (SSSR count). The van der Waals surface area contributed by atoms with Crippen LogP contribution in [0.4, 0.5) is 5.82 Å². The van der Waals surface area contributed by atoms with Crippen LogP contribution in [0.1, 0.15) is 49.4 Å². The number of rotatable bonds is 5. The van der Waals surface area contributed by atoms with E-state index in [9.17, 15) is 0 Å². The van der Waals surface area contributed by atoms with Crippen LogP contribution in [0.5, 0.6) is 5.75 Å². The van der Waals surface area contributed by atoms with Gasteiger partial charge in [-0.25, -0.2) is 9.97 Å². The van der Waals surface area contributed by atoms with Crippen LogP contribution in [0, 0.1) is 0 Å². The van der Waals surface area contributed by atoms with Crippen molar-refractivity contribution in [2.45, 2.75) is 44.6 Å². The van der Waals surface area contributed by atoms with Gasteiger partial charge in [-0.15, -0.1) is 0 Å². The zero-order chi connectivity index (χ0) is 20.5. The predicted molar refractivity (Wildman–Crippen MR) is 123 cm³/mol. The van der Waals surface area contributed by atoms with Crippen molar-refractivity contribution in [3.05, 3.63) is 58.9 Å². The zero-order valence-corrected chi connectivity index (χ0v) is 17.8. The summed E-state index contributed by atoms with van der Waals surface area (Å²) in [4.78, 5) is 13.5. The van der Waals surface area contributed by atoms with Crippen LogP contribution in [0.15, 0.2) is 42.5 Å². The fourth-order valence-electron chi connectivity index (χ4n) is 4.44. The van der Waals surface area contributed by atoms with E-state index in [1.165, 1.54) is 32.1 Å². The van der Waals surface area contributed by atoms with E-state index >= 15 is 0 Å². The third kappa shape index (κ3) is 3.58. The van der Waals surface area contributed by atoms with Crippen LogP contribution in [-0.4, -0.2) is 22.1 Å². The molecule has 2 heterocycles. The van der Waals surface area contributed by atoms with Gasteiger partial charge in [-0.05, 0) is 36.6 Å². The van der Waals surface area contributed by atoms with Crippen LogP contribution < -0.4 is 10.1 Å². The molecule has 0 radical (unpaired) electrons. The van der Waals surface area contributed by atoms with E-state index in [0.29, 0.717) is 23.2 Å². The van der Waals surface area contributed by atoms with Crippen molar-refractivity contribution in [3.8, 4) is 5.75 Å². The molecule has 1 saturated carbocycles. The first-order chi connectivity index (χ1) is 14.7. The Balaban J connectivity index is 1.55. The Morgan fingerprint density at radius 1 is 1.10 bits per heavy atom. The molecule has 1 aliphatic carbocycles. The second-order valence-electron chi connectivity index (χ2n) is 7.98. The Hall–Kier alpha value is -2.79. The number of para-hydroxylation sites is 1. The first-order valence-corrected chi connectivity index (χ1v) is 11.0. The second kappa shape index (κ2) is 8.15. The van der Waals surface area contributed by atoms with Gasteiger partial charge < -0.3 is 15.0 Å². The maximum absolute atomic E-state index is 6.31. The molecule has 0 aliphatic heterocycles. The van der Waals surface area contributed by atoms with Crippen molar-refractivity contribution >= 4 is 39.4 Å². The van der Waals surface area contributed by atoms with Gasteiger partial charge in [0.05, 0.1) is 17.5 Å². The number of H-pyrrole nitrogens is 1. The summed E-state index contributed by atoms with van der Waals surface area (Å²) < 4.78 is 5.26. The number of halogens is 1. The first kappa shape index (κ1) is 19.2. The number of ether oxygens (including phenoxy) is 1. The Bertz CT molecular complexity index is 1200. The van der Waals surface area contributed by atoms with Crippen LogP contribution in [0.25, 0.3) is 21.9 Å². The number of methoxy groups -OCH3 is 1. The maximum Gasteiger partial charge on any atom is 0.144 e. The number of aromatic amines is 1. The standard InChI is InChI=1S/C24H25ClN4O/c1-30-20-12-11-15(13-18(20)25)14-26-23-21-17-9-5-6-10-19(17)27-24(21)29-22(28-23)16-7-3-2-4-8-16/h5-6,9-13,16H,2-4,7-8,14H2,1H3,(H2,26,27,28,29).